The minimum absolute atomic E-state index is 0.0776. The highest BCUT2D eigenvalue weighted by atomic mass is 32.2. The zero-order valence-electron chi connectivity index (χ0n) is 26.9. The van der Waals surface area contributed by atoms with Crippen molar-refractivity contribution in [2.75, 3.05) is 12.3 Å². The Morgan fingerprint density at radius 3 is 2.20 bits per heavy atom. The molecule has 2 aromatic heterocycles. The number of amides is 1. The lowest BCUT2D eigenvalue weighted by Gasteiger charge is -2.11. The topological polar surface area (TPSA) is 111 Å². The van der Waals surface area contributed by atoms with Gasteiger partial charge >= 0.3 is 0 Å². The van der Waals surface area contributed by atoms with Crippen molar-refractivity contribution < 1.29 is 18.0 Å². The summed E-state index contributed by atoms with van der Waals surface area (Å²) in [6, 6.07) is 26.5. The van der Waals surface area contributed by atoms with E-state index in [9.17, 15) is 18.0 Å². The molecule has 0 atom stereocenters. The van der Waals surface area contributed by atoms with Gasteiger partial charge in [0.25, 0.3) is 0 Å². The van der Waals surface area contributed by atoms with Crippen LogP contribution in [0.25, 0.3) is 22.8 Å². The van der Waals surface area contributed by atoms with Crippen LogP contribution in [-0.4, -0.2) is 46.9 Å². The molecule has 1 N–H and O–H groups in total. The largest absolute Gasteiger partial charge is 0.355 e. The third kappa shape index (κ3) is 9.08. The van der Waals surface area contributed by atoms with Gasteiger partial charge in [0, 0.05) is 24.3 Å². The van der Waals surface area contributed by atoms with Crippen LogP contribution >= 0.6 is 0 Å². The fraction of sp³-hybridized carbons (Fsp3) is 0.243. The van der Waals surface area contributed by atoms with E-state index >= 15 is 0 Å². The Morgan fingerprint density at radius 1 is 0.891 bits per heavy atom. The molecule has 0 aliphatic rings. The van der Waals surface area contributed by atoms with Crippen molar-refractivity contribution in [3.63, 3.8) is 0 Å². The van der Waals surface area contributed by atoms with Gasteiger partial charge < -0.3 is 5.32 Å². The van der Waals surface area contributed by atoms with E-state index in [4.69, 9.17) is 4.98 Å². The molecule has 8 nitrogen and oxygen atoms in total. The number of ketones is 1. The maximum atomic E-state index is 12.5. The lowest BCUT2D eigenvalue weighted by atomic mass is 10.1. The maximum Gasteiger partial charge on any atom is 0.235 e. The third-order valence-electron chi connectivity index (χ3n) is 7.27. The van der Waals surface area contributed by atoms with Crippen LogP contribution in [0, 0.1) is 20.8 Å². The van der Waals surface area contributed by atoms with Crippen LogP contribution in [-0.2, 0) is 32.3 Å². The number of aromatic nitrogens is 3. The van der Waals surface area contributed by atoms with E-state index in [1.165, 1.54) is 12.1 Å². The number of aryl methyl sites for hydroxylation is 4. The molecule has 0 aliphatic carbocycles. The van der Waals surface area contributed by atoms with E-state index in [1.807, 2.05) is 81.4 Å². The summed E-state index contributed by atoms with van der Waals surface area (Å²) in [5, 5.41) is 2.73. The minimum atomic E-state index is -3.66. The van der Waals surface area contributed by atoms with Crippen molar-refractivity contribution >= 4 is 38.6 Å². The first kappa shape index (κ1) is 34.0. The third-order valence-corrected chi connectivity index (χ3v) is 8.91. The van der Waals surface area contributed by atoms with Crippen LogP contribution in [0.15, 0.2) is 95.9 Å². The van der Waals surface area contributed by atoms with Crippen LogP contribution in [0.3, 0.4) is 0 Å². The van der Waals surface area contributed by atoms with Gasteiger partial charge in [0.15, 0.2) is 15.6 Å². The molecular weight excluding hydrogens is 596 g/mol. The number of nitrogens with zero attached hydrogens (tertiary/aromatic N) is 3. The van der Waals surface area contributed by atoms with Crippen LogP contribution < -0.4 is 5.32 Å². The van der Waals surface area contributed by atoms with E-state index in [0.29, 0.717) is 13.0 Å². The minimum Gasteiger partial charge on any atom is -0.355 e. The quantitative estimate of drug-likeness (QED) is 0.179. The SMILES string of the molecule is CC(=O)/C=C/c1ccccc1.CCc1nc2c(C)nc(C)cc2n1-c1ccc(CCNC(=O)CS(=O)(=O)c2ccc(C)cc2)cc1. The predicted octanol–water partition coefficient (Wildman–Crippen LogP) is 6.33. The number of sulfone groups is 1. The molecular formula is C37H40N4O4S. The number of carbonyl (C=O) groups excluding carboxylic acids is 2. The molecule has 0 bridgehead atoms. The van der Waals surface area contributed by atoms with Crippen LogP contribution in [0.1, 0.15) is 47.8 Å². The van der Waals surface area contributed by atoms with Crippen LogP contribution in [0.4, 0.5) is 0 Å². The molecule has 0 unspecified atom stereocenters. The Balaban J connectivity index is 0.000000369. The van der Waals surface area contributed by atoms with Crippen molar-refractivity contribution in [1.82, 2.24) is 19.9 Å². The zero-order valence-corrected chi connectivity index (χ0v) is 27.8. The highest BCUT2D eigenvalue weighted by Gasteiger charge is 2.19. The van der Waals surface area contributed by atoms with Gasteiger partial charge in [0.1, 0.15) is 17.1 Å². The first-order chi connectivity index (χ1) is 22.0. The number of allylic oxidation sites excluding steroid dienone is 1. The van der Waals surface area contributed by atoms with Crippen molar-refractivity contribution in [1.29, 1.82) is 0 Å². The Labute approximate surface area is 271 Å². The lowest BCUT2D eigenvalue weighted by molar-refractivity contribution is -0.118. The molecule has 0 spiro atoms. The number of rotatable bonds is 10. The molecule has 0 saturated heterocycles. The summed E-state index contributed by atoms with van der Waals surface area (Å²) in [5.74, 6) is -0.00548. The second-order valence-corrected chi connectivity index (χ2v) is 13.1. The normalized spacial score (nSPS) is 11.3. The van der Waals surface area contributed by atoms with Gasteiger partial charge in [-0.2, -0.15) is 0 Å². The Kier molecular flexibility index (Phi) is 11.4. The number of pyridine rings is 1. The summed E-state index contributed by atoms with van der Waals surface area (Å²) >= 11 is 0. The molecule has 238 valence electrons. The first-order valence-electron chi connectivity index (χ1n) is 15.2. The number of fused-ring (bicyclic) bond motifs is 1. The molecule has 5 rings (SSSR count). The fourth-order valence-electron chi connectivity index (χ4n) is 4.94. The molecule has 0 fully saturated rings. The maximum absolute atomic E-state index is 12.5. The van der Waals surface area contributed by atoms with E-state index in [0.717, 1.165) is 57.0 Å². The van der Waals surface area contributed by atoms with E-state index in [1.54, 1.807) is 25.1 Å². The fourth-order valence-corrected chi connectivity index (χ4v) is 6.11. The molecule has 0 aliphatic heterocycles. The van der Waals surface area contributed by atoms with Gasteiger partial charge in [-0.15, -0.1) is 0 Å². The summed E-state index contributed by atoms with van der Waals surface area (Å²) in [6.07, 6.45) is 4.77. The monoisotopic (exact) mass is 636 g/mol. The number of benzene rings is 3. The second kappa shape index (κ2) is 15.4. The lowest BCUT2D eigenvalue weighted by Crippen LogP contribution is -2.31. The van der Waals surface area contributed by atoms with Crippen molar-refractivity contribution in [3.05, 3.63) is 125 Å². The van der Waals surface area contributed by atoms with Gasteiger partial charge in [-0.05, 0) is 81.7 Å². The smallest absolute Gasteiger partial charge is 0.235 e. The number of imidazole rings is 1. The number of hydrogen-bond acceptors (Lipinski definition) is 6. The van der Waals surface area contributed by atoms with Gasteiger partial charge in [0.2, 0.25) is 5.91 Å². The molecule has 46 heavy (non-hydrogen) atoms. The van der Waals surface area contributed by atoms with Crippen LogP contribution in [0.5, 0.6) is 0 Å². The predicted molar refractivity (Wildman–Crippen MR) is 184 cm³/mol. The van der Waals surface area contributed by atoms with E-state index in [2.05, 4.69) is 27.9 Å². The summed E-state index contributed by atoms with van der Waals surface area (Å²) in [4.78, 5) is 32.3. The van der Waals surface area contributed by atoms with Crippen molar-refractivity contribution in [3.8, 4) is 5.69 Å². The number of hydrogen-bond donors (Lipinski definition) is 1. The average molecular weight is 637 g/mol. The van der Waals surface area contributed by atoms with Gasteiger partial charge in [-0.1, -0.05) is 73.2 Å². The zero-order chi connectivity index (χ0) is 33.3. The first-order valence-corrected chi connectivity index (χ1v) is 16.9. The number of nitrogens with one attached hydrogen (secondary N) is 1. The van der Waals surface area contributed by atoms with E-state index < -0.39 is 21.5 Å². The van der Waals surface area contributed by atoms with Crippen LogP contribution in [0.2, 0.25) is 0 Å². The Hall–Kier alpha value is -4.89. The van der Waals surface area contributed by atoms with Gasteiger partial charge in [0.05, 0.1) is 16.1 Å². The molecule has 9 heteroatoms. The summed E-state index contributed by atoms with van der Waals surface area (Å²) in [6.45, 7) is 9.84. The van der Waals surface area contributed by atoms with Gasteiger partial charge in [-0.25, -0.2) is 13.4 Å². The molecule has 2 heterocycles. The number of carbonyl (C=O) groups is 2. The standard InChI is InChI=1S/C27H30N4O3S.C10H10O/c1-5-25-30-27-20(4)29-19(3)16-24(27)31(25)22-10-8-21(9-11-22)14-15-28-26(32)17-35(33,34)23-12-6-18(2)7-13-23;1-9(11)7-8-10-5-3-2-4-6-10/h6-13,16H,5,14-15,17H2,1-4H3,(H,28,32);2-8H,1H3/b;8-7+. The Bertz CT molecular complexity index is 1950. The van der Waals surface area contributed by atoms with Crippen molar-refractivity contribution in [2.24, 2.45) is 0 Å². The average Bonchev–Trinajstić information content (AvgIpc) is 3.40. The molecule has 5 aromatic rings. The summed E-state index contributed by atoms with van der Waals surface area (Å²) < 4.78 is 27.1. The Morgan fingerprint density at radius 2 is 1.57 bits per heavy atom. The highest BCUT2D eigenvalue weighted by molar-refractivity contribution is 7.92. The summed E-state index contributed by atoms with van der Waals surface area (Å²) in [5.41, 5.74) is 7.93. The molecule has 0 saturated carbocycles. The highest BCUT2D eigenvalue weighted by Crippen LogP contribution is 2.25. The molecule has 3 aromatic carbocycles. The summed E-state index contributed by atoms with van der Waals surface area (Å²) in [7, 11) is -3.66. The van der Waals surface area contributed by atoms with Crippen molar-refractivity contribution in [2.45, 2.75) is 52.4 Å². The molecule has 1 amide bonds. The second-order valence-electron chi connectivity index (χ2n) is 11.1. The van der Waals surface area contributed by atoms with Gasteiger partial charge in [-0.3, -0.25) is 19.1 Å². The molecule has 0 radical (unpaired) electrons. The van der Waals surface area contributed by atoms with E-state index in [-0.39, 0.29) is 10.7 Å².